The first kappa shape index (κ1) is 15.6. The number of anilines is 1. The Bertz CT molecular complexity index is 436. The van der Waals surface area contributed by atoms with E-state index in [1.165, 1.54) is 17.0 Å². The fourth-order valence-corrected chi connectivity index (χ4v) is 3.69. The Labute approximate surface area is 127 Å². The first-order valence-electron chi connectivity index (χ1n) is 7.74. The van der Waals surface area contributed by atoms with Gasteiger partial charge in [0.15, 0.2) is 0 Å². The lowest BCUT2D eigenvalue weighted by molar-refractivity contribution is 0.618. The molecule has 2 unspecified atom stereocenters. The first-order chi connectivity index (χ1) is 9.65. The summed E-state index contributed by atoms with van der Waals surface area (Å²) in [6.07, 6.45) is 0.999. The summed E-state index contributed by atoms with van der Waals surface area (Å²) in [6.45, 7) is 12.0. The fraction of sp³-hybridized carbons (Fsp3) is 0.688. The molecule has 0 amide bonds. The van der Waals surface area contributed by atoms with Gasteiger partial charge in [-0.05, 0) is 37.6 Å². The summed E-state index contributed by atoms with van der Waals surface area (Å²) >= 11 is 2.07. The third-order valence-electron chi connectivity index (χ3n) is 4.04. The molecule has 0 aliphatic carbocycles. The molecule has 1 saturated heterocycles. The number of nitrogens with one attached hydrogen (secondary N) is 1. The largest absolute Gasteiger partial charge is 0.352 e. The number of thioether (sulfide) groups is 1. The van der Waals surface area contributed by atoms with E-state index in [-0.39, 0.29) is 0 Å². The Morgan fingerprint density at radius 2 is 2.15 bits per heavy atom. The summed E-state index contributed by atoms with van der Waals surface area (Å²) in [5.74, 6) is 2.36. The van der Waals surface area contributed by atoms with Crippen LogP contribution >= 0.6 is 11.8 Å². The number of aryl methyl sites for hydroxylation is 1. The van der Waals surface area contributed by atoms with Gasteiger partial charge in [0.25, 0.3) is 0 Å². The highest BCUT2D eigenvalue weighted by Crippen LogP contribution is 2.28. The van der Waals surface area contributed by atoms with E-state index in [1.807, 2.05) is 0 Å². The van der Waals surface area contributed by atoms with Crippen molar-refractivity contribution in [1.29, 1.82) is 0 Å². The van der Waals surface area contributed by atoms with E-state index in [1.54, 1.807) is 0 Å². The van der Waals surface area contributed by atoms with Crippen LogP contribution in [0, 0.1) is 0 Å². The number of pyridine rings is 1. The van der Waals surface area contributed by atoms with Crippen LogP contribution in [0.15, 0.2) is 12.1 Å². The summed E-state index contributed by atoms with van der Waals surface area (Å²) in [6, 6.07) is 5.06. The fourth-order valence-electron chi connectivity index (χ4n) is 2.59. The van der Waals surface area contributed by atoms with Gasteiger partial charge in [-0.25, -0.2) is 4.98 Å². The van der Waals surface area contributed by atoms with E-state index in [0.717, 1.165) is 31.9 Å². The van der Waals surface area contributed by atoms with E-state index < -0.39 is 0 Å². The van der Waals surface area contributed by atoms with Gasteiger partial charge in [0.2, 0.25) is 0 Å². The Hall–Kier alpha value is -0.740. The van der Waals surface area contributed by atoms with Crippen LogP contribution in [0.2, 0.25) is 0 Å². The molecule has 0 bridgehead atoms. The third kappa shape index (κ3) is 3.67. The molecule has 1 aromatic heterocycles. The average Bonchev–Trinajstić information content (AvgIpc) is 2.47. The van der Waals surface area contributed by atoms with Gasteiger partial charge in [-0.2, -0.15) is 11.8 Å². The molecule has 1 aliphatic heterocycles. The van der Waals surface area contributed by atoms with E-state index in [9.17, 15) is 0 Å². The van der Waals surface area contributed by atoms with Crippen molar-refractivity contribution in [3.8, 4) is 0 Å². The van der Waals surface area contributed by atoms with Crippen LogP contribution in [0.1, 0.15) is 39.0 Å². The summed E-state index contributed by atoms with van der Waals surface area (Å²) in [5, 5.41) is 4.09. The van der Waals surface area contributed by atoms with Gasteiger partial charge in [-0.15, -0.1) is 0 Å². The Balaban J connectivity index is 2.24. The molecule has 0 saturated carbocycles. The summed E-state index contributed by atoms with van der Waals surface area (Å²) in [5.41, 5.74) is 2.56. The van der Waals surface area contributed by atoms with E-state index in [2.05, 4.69) is 61.8 Å². The average molecular weight is 293 g/mol. The van der Waals surface area contributed by atoms with Crippen molar-refractivity contribution in [2.24, 2.45) is 0 Å². The summed E-state index contributed by atoms with van der Waals surface area (Å²) in [7, 11) is 0. The lowest BCUT2D eigenvalue weighted by Gasteiger charge is -2.38. The molecule has 0 radical (unpaired) electrons. The number of aromatic nitrogens is 1. The molecule has 1 aliphatic rings. The topological polar surface area (TPSA) is 28.2 Å². The highest BCUT2D eigenvalue weighted by atomic mass is 32.2. The van der Waals surface area contributed by atoms with Crippen LogP contribution in [-0.4, -0.2) is 35.1 Å². The smallest absolute Gasteiger partial charge is 0.129 e. The van der Waals surface area contributed by atoms with Crippen molar-refractivity contribution < 1.29 is 0 Å². The third-order valence-corrected chi connectivity index (χ3v) is 5.38. The van der Waals surface area contributed by atoms with Gasteiger partial charge in [-0.3, -0.25) is 0 Å². The zero-order valence-electron chi connectivity index (χ0n) is 13.1. The summed E-state index contributed by atoms with van der Waals surface area (Å²) in [4.78, 5) is 7.34. The lowest BCUT2D eigenvalue weighted by Crippen LogP contribution is -2.45. The van der Waals surface area contributed by atoms with Crippen molar-refractivity contribution >= 4 is 17.6 Å². The Morgan fingerprint density at radius 3 is 2.85 bits per heavy atom. The summed E-state index contributed by atoms with van der Waals surface area (Å²) < 4.78 is 0. The van der Waals surface area contributed by atoms with Crippen molar-refractivity contribution in [1.82, 2.24) is 10.3 Å². The standard InChI is InChI=1S/C16H27N3S/c1-5-15-9-14(11-17-6-2)10-16(18-15)19-7-8-20-13(4)12(19)3/h9-10,12-13,17H,5-8,11H2,1-4H3. The van der Waals surface area contributed by atoms with Crippen LogP contribution in [0.5, 0.6) is 0 Å². The van der Waals surface area contributed by atoms with E-state index >= 15 is 0 Å². The number of rotatable bonds is 5. The first-order valence-corrected chi connectivity index (χ1v) is 8.79. The number of nitrogens with zero attached hydrogens (tertiary/aromatic N) is 2. The molecule has 0 aromatic carbocycles. The van der Waals surface area contributed by atoms with E-state index in [0.29, 0.717) is 11.3 Å². The van der Waals surface area contributed by atoms with Crippen LogP contribution in [-0.2, 0) is 13.0 Å². The Morgan fingerprint density at radius 1 is 1.35 bits per heavy atom. The van der Waals surface area contributed by atoms with Crippen LogP contribution in [0.25, 0.3) is 0 Å². The molecule has 20 heavy (non-hydrogen) atoms. The van der Waals surface area contributed by atoms with Gasteiger partial charge in [-0.1, -0.05) is 20.8 Å². The molecule has 4 heteroatoms. The van der Waals surface area contributed by atoms with Gasteiger partial charge < -0.3 is 10.2 Å². The molecule has 1 fully saturated rings. The predicted octanol–water partition coefficient (Wildman–Crippen LogP) is 3.08. The Kier molecular flexibility index (Phi) is 5.73. The molecule has 2 atom stereocenters. The normalized spacial score (nSPS) is 23.1. The minimum Gasteiger partial charge on any atom is -0.352 e. The molecular formula is C16H27N3S. The minimum absolute atomic E-state index is 0.556. The maximum absolute atomic E-state index is 4.86. The van der Waals surface area contributed by atoms with Gasteiger partial charge in [0.1, 0.15) is 5.82 Å². The zero-order chi connectivity index (χ0) is 14.5. The SMILES string of the molecule is CCNCc1cc(CC)nc(N2CCSC(C)C2C)c1. The zero-order valence-corrected chi connectivity index (χ0v) is 14.0. The van der Waals surface area contributed by atoms with Gasteiger partial charge >= 0.3 is 0 Å². The lowest BCUT2D eigenvalue weighted by atomic mass is 10.1. The quantitative estimate of drug-likeness (QED) is 0.903. The molecule has 0 spiro atoms. The van der Waals surface area contributed by atoms with Crippen molar-refractivity contribution in [2.75, 3.05) is 23.7 Å². The second-order valence-electron chi connectivity index (χ2n) is 5.47. The van der Waals surface area contributed by atoms with Gasteiger partial charge in [0.05, 0.1) is 0 Å². The predicted molar refractivity (Wildman–Crippen MR) is 89.7 cm³/mol. The maximum atomic E-state index is 4.86. The minimum atomic E-state index is 0.556. The number of hydrogen-bond donors (Lipinski definition) is 1. The van der Waals surface area contributed by atoms with Crippen LogP contribution < -0.4 is 10.2 Å². The van der Waals surface area contributed by atoms with Crippen molar-refractivity contribution in [3.05, 3.63) is 23.4 Å². The van der Waals surface area contributed by atoms with Crippen molar-refractivity contribution in [3.63, 3.8) is 0 Å². The molecular weight excluding hydrogens is 266 g/mol. The molecule has 2 heterocycles. The second kappa shape index (κ2) is 7.32. The molecule has 2 rings (SSSR count). The molecule has 3 nitrogen and oxygen atoms in total. The highest BCUT2D eigenvalue weighted by molar-refractivity contribution is 8.00. The number of hydrogen-bond acceptors (Lipinski definition) is 4. The van der Waals surface area contributed by atoms with Crippen molar-refractivity contribution in [2.45, 2.75) is 52.0 Å². The molecule has 1 aromatic rings. The maximum Gasteiger partial charge on any atom is 0.129 e. The van der Waals surface area contributed by atoms with Gasteiger partial charge in [0, 0.05) is 35.8 Å². The highest BCUT2D eigenvalue weighted by Gasteiger charge is 2.26. The van der Waals surface area contributed by atoms with E-state index in [4.69, 9.17) is 4.98 Å². The second-order valence-corrected chi connectivity index (χ2v) is 6.95. The van der Waals surface area contributed by atoms with Crippen LogP contribution in [0.4, 0.5) is 5.82 Å². The monoisotopic (exact) mass is 293 g/mol. The molecule has 1 N–H and O–H groups in total. The van der Waals surface area contributed by atoms with Crippen LogP contribution in [0.3, 0.4) is 0 Å². The molecule has 112 valence electrons.